The van der Waals surface area contributed by atoms with Crippen molar-refractivity contribution >= 4 is 6.08 Å². The lowest BCUT2D eigenvalue weighted by Gasteiger charge is -2.23. The minimum Gasteiger partial charge on any atom is -0.466 e. The van der Waals surface area contributed by atoms with E-state index in [4.69, 9.17) is 9.47 Å². The number of allylic oxidation sites excluding steroid dienone is 3. The van der Waals surface area contributed by atoms with Gasteiger partial charge in [-0.15, -0.1) is 0 Å². The van der Waals surface area contributed by atoms with Crippen molar-refractivity contribution in [1.82, 2.24) is 0 Å². The maximum absolute atomic E-state index is 5.69. The van der Waals surface area contributed by atoms with Gasteiger partial charge in [0.25, 0.3) is 0 Å². The van der Waals surface area contributed by atoms with Gasteiger partial charge in [0.15, 0.2) is 6.29 Å². The quantitative estimate of drug-likeness (QED) is 0.451. The summed E-state index contributed by atoms with van der Waals surface area (Å²) in [5.41, 5.74) is 2.50. The van der Waals surface area contributed by atoms with Crippen LogP contribution in [0.15, 0.2) is 54.8 Å². The van der Waals surface area contributed by atoms with Gasteiger partial charge in [-0.1, -0.05) is 75.4 Å². The van der Waals surface area contributed by atoms with E-state index in [1.807, 2.05) is 19.9 Å². The van der Waals surface area contributed by atoms with Crippen molar-refractivity contribution in [1.29, 1.82) is 0 Å². The summed E-state index contributed by atoms with van der Waals surface area (Å²) in [5, 5.41) is 0. The number of benzene rings is 1. The van der Waals surface area contributed by atoms with E-state index in [9.17, 15) is 0 Å². The van der Waals surface area contributed by atoms with Crippen LogP contribution in [0.3, 0.4) is 0 Å². The molecule has 1 fully saturated rings. The SMILES string of the molecule is C=C(/C=C\C(C)/C=C/c1ccc(C)cc1)OC1CCCCO1.CC. The van der Waals surface area contributed by atoms with E-state index in [0.717, 1.165) is 25.9 Å². The molecule has 0 saturated carbocycles. The van der Waals surface area contributed by atoms with Gasteiger partial charge in [-0.05, 0) is 37.3 Å². The Bertz CT molecular complexity index is 519. The van der Waals surface area contributed by atoms with Crippen molar-refractivity contribution in [2.45, 2.75) is 53.2 Å². The van der Waals surface area contributed by atoms with Crippen molar-refractivity contribution in [3.8, 4) is 0 Å². The molecule has 2 nitrogen and oxygen atoms in total. The summed E-state index contributed by atoms with van der Waals surface area (Å²) in [6, 6.07) is 8.51. The third-order valence-electron chi connectivity index (χ3n) is 3.68. The Morgan fingerprint density at radius 2 is 1.92 bits per heavy atom. The minimum absolute atomic E-state index is 0.121. The summed E-state index contributed by atoms with van der Waals surface area (Å²) in [4.78, 5) is 0. The molecule has 2 heteroatoms. The Hall–Kier alpha value is -1.80. The van der Waals surface area contributed by atoms with Crippen LogP contribution in [0.4, 0.5) is 0 Å². The molecule has 1 aliphatic heterocycles. The molecule has 1 saturated heterocycles. The smallest absolute Gasteiger partial charge is 0.199 e. The Kier molecular flexibility index (Phi) is 9.86. The highest BCUT2D eigenvalue weighted by Gasteiger charge is 2.14. The first kappa shape index (κ1) is 20.2. The van der Waals surface area contributed by atoms with E-state index >= 15 is 0 Å². The van der Waals surface area contributed by atoms with Crippen LogP contribution >= 0.6 is 0 Å². The van der Waals surface area contributed by atoms with E-state index in [1.54, 1.807) is 0 Å². The summed E-state index contributed by atoms with van der Waals surface area (Å²) < 4.78 is 11.2. The fraction of sp³-hybridized carbons (Fsp3) is 0.455. The standard InChI is InChI=1S/C20H26O2.C2H6/c1-16(8-12-19-13-9-17(2)10-14-19)7-11-18(3)22-20-6-4-5-15-21-20;1-2/h7-14,16,20H,3-6,15H2,1-2H3;1-2H3/b11-7-,12-8+;. The fourth-order valence-electron chi connectivity index (χ4n) is 2.28. The summed E-state index contributed by atoms with van der Waals surface area (Å²) in [7, 11) is 0. The van der Waals surface area contributed by atoms with Gasteiger partial charge in [0.05, 0.1) is 6.61 Å². The molecular weight excluding hydrogens is 296 g/mol. The van der Waals surface area contributed by atoms with Crippen molar-refractivity contribution < 1.29 is 9.47 Å². The second-order valence-electron chi connectivity index (χ2n) is 5.87. The zero-order chi connectivity index (χ0) is 17.8. The molecule has 0 N–H and O–H groups in total. The average Bonchev–Trinajstić information content (AvgIpc) is 2.62. The Morgan fingerprint density at radius 1 is 1.21 bits per heavy atom. The third kappa shape index (κ3) is 8.16. The van der Waals surface area contributed by atoms with Gasteiger partial charge in [0.1, 0.15) is 5.76 Å². The lowest BCUT2D eigenvalue weighted by Crippen LogP contribution is -2.21. The van der Waals surface area contributed by atoms with Gasteiger partial charge >= 0.3 is 0 Å². The van der Waals surface area contributed by atoms with Gasteiger partial charge in [-0.25, -0.2) is 0 Å². The second kappa shape index (κ2) is 11.7. The molecule has 2 rings (SSSR count). The zero-order valence-electron chi connectivity index (χ0n) is 15.6. The van der Waals surface area contributed by atoms with Gasteiger partial charge in [0, 0.05) is 6.42 Å². The maximum Gasteiger partial charge on any atom is 0.199 e. The summed E-state index contributed by atoms with van der Waals surface area (Å²) >= 11 is 0. The number of aryl methyl sites for hydroxylation is 1. The van der Waals surface area contributed by atoms with E-state index in [-0.39, 0.29) is 6.29 Å². The zero-order valence-corrected chi connectivity index (χ0v) is 15.6. The van der Waals surface area contributed by atoms with Crippen molar-refractivity contribution in [3.05, 3.63) is 66.0 Å². The number of hydrogen-bond acceptors (Lipinski definition) is 2. The Balaban J connectivity index is 0.00000139. The highest BCUT2D eigenvalue weighted by Crippen LogP contribution is 2.17. The van der Waals surface area contributed by atoms with Gasteiger partial charge in [0.2, 0.25) is 0 Å². The van der Waals surface area contributed by atoms with Crippen LogP contribution in [0.5, 0.6) is 0 Å². The molecule has 0 amide bonds. The van der Waals surface area contributed by atoms with Crippen LogP contribution in [0.25, 0.3) is 6.08 Å². The van der Waals surface area contributed by atoms with Gasteiger partial charge in [-0.2, -0.15) is 0 Å². The second-order valence-corrected chi connectivity index (χ2v) is 5.87. The molecule has 0 aromatic heterocycles. The van der Waals surface area contributed by atoms with Crippen molar-refractivity contribution in [2.75, 3.05) is 6.61 Å². The van der Waals surface area contributed by atoms with E-state index in [0.29, 0.717) is 11.7 Å². The van der Waals surface area contributed by atoms with Crippen molar-refractivity contribution in [3.63, 3.8) is 0 Å². The highest BCUT2D eigenvalue weighted by atomic mass is 16.7. The minimum atomic E-state index is -0.121. The lowest BCUT2D eigenvalue weighted by atomic mass is 10.1. The molecule has 1 heterocycles. The summed E-state index contributed by atoms with van der Waals surface area (Å²) in [6.45, 7) is 13.0. The topological polar surface area (TPSA) is 18.5 Å². The molecule has 0 bridgehead atoms. The molecule has 1 aliphatic rings. The van der Waals surface area contributed by atoms with Crippen LogP contribution in [0.1, 0.15) is 51.2 Å². The summed E-state index contributed by atoms with van der Waals surface area (Å²) in [6.07, 6.45) is 11.5. The van der Waals surface area contributed by atoms with Crippen LogP contribution < -0.4 is 0 Å². The first-order valence-electron chi connectivity index (χ1n) is 9.04. The highest BCUT2D eigenvalue weighted by molar-refractivity contribution is 5.50. The van der Waals surface area contributed by atoms with Crippen LogP contribution in [0, 0.1) is 12.8 Å². The average molecular weight is 328 g/mol. The van der Waals surface area contributed by atoms with Crippen LogP contribution in [-0.4, -0.2) is 12.9 Å². The van der Waals surface area contributed by atoms with E-state index < -0.39 is 0 Å². The molecule has 2 atom stereocenters. The molecule has 1 aromatic rings. The first-order valence-corrected chi connectivity index (χ1v) is 9.04. The molecule has 2 unspecified atom stereocenters. The van der Waals surface area contributed by atoms with Crippen molar-refractivity contribution in [2.24, 2.45) is 5.92 Å². The largest absolute Gasteiger partial charge is 0.466 e. The third-order valence-corrected chi connectivity index (χ3v) is 3.68. The monoisotopic (exact) mass is 328 g/mol. The molecule has 0 radical (unpaired) electrons. The van der Waals surface area contributed by atoms with Crippen LogP contribution in [-0.2, 0) is 9.47 Å². The Labute approximate surface area is 147 Å². The number of hydrogen-bond donors (Lipinski definition) is 0. The summed E-state index contributed by atoms with van der Waals surface area (Å²) in [5.74, 6) is 0.997. The normalized spacial score (nSPS) is 18.9. The molecule has 24 heavy (non-hydrogen) atoms. The lowest BCUT2D eigenvalue weighted by molar-refractivity contribution is -0.135. The molecule has 0 aliphatic carbocycles. The van der Waals surface area contributed by atoms with Crippen LogP contribution in [0.2, 0.25) is 0 Å². The van der Waals surface area contributed by atoms with E-state index in [2.05, 4.69) is 62.9 Å². The number of ether oxygens (including phenoxy) is 2. The molecular formula is C22H32O2. The molecule has 1 aromatic carbocycles. The van der Waals surface area contributed by atoms with E-state index in [1.165, 1.54) is 11.1 Å². The molecule has 0 spiro atoms. The fourth-order valence-corrected chi connectivity index (χ4v) is 2.28. The maximum atomic E-state index is 5.69. The number of rotatable bonds is 6. The predicted molar refractivity (Wildman–Crippen MR) is 104 cm³/mol. The predicted octanol–water partition coefficient (Wildman–Crippen LogP) is 6.28. The van der Waals surface area contributed by atoms with Gasteiger partial charge < -0.3 is 9.47 Å². The first-order chi connectivity index (χ1) is 11.6. The Morgan fingerprint density at radius 3 is 2.54 bits per heavy atom. The molecule has 132 valence electrons. The van der Waals surface area contributed by atoms with Gasteiger partial charge in [-0.3, -0.25) is 0 Å².